The Kier molecular flexibility index (Phi) is 4.76. The lowest BCUT2D eigenvalue weighted by Crippen LogP contribution is -1.97. The number of ketones is 1. The number of carbonyl (C=O) groups excluding carboxylic acids is 1. The van der Waals surface area contributed by atoms with Crippen LogP contribution in [0.25, 0.3) is 11.3 Å². The first kappa shape index (κ1) is 15.5. The lowest BCUT2D eigenvalue weighted by molar-refractivity contribution is 0.0984. The molecule has 0 N–H and O–H groups in total. The van der Waals surface area contributed by atoms with Crippen molar-refractivity contribution in [1.29, 1.82) is 0 Å². The molecule has 0 aliphatic carbocycles. The molecular formula is C16H11BrClNO2S. The van der Waals surface area contributed by atoms with E-state index in [1.54, 1.807) is 12.1 Å². The molecule has 1 aromatic carbocycles. The topological polar surface area (TPSA) is 43.1 Å². The van der Waals surface area contributed by atoms with Gasteiger partial charge in [0, 0.05) is 28.9 Å². The zero-order valence-corrected chi connectivity index (χ0v) is 14.5. The SMILES string of the molecule is O=C(CCc1cc(-c2ccc(Br)cc2)no1)c1ccc(Cl)s1. The van der Waals surface area contributed by atoms with Gasteiger partial charge in [0.05, 0.1) is 9.21 Å². The van der Waals surface area contributed by atoms with Crippen molar-refractivity contribution in [3.63, 3.8) is 0 Å². The van der Waals surface area contributed by atoms with Gasteiger partial charge in [-0.3, -0.25) is 4.79 Å². The fourth-order valence-electron chi connectivity index (χ4n) is 2.01. The summed E-state index contributed by atoms with van der Waals surface area (Å²) in [6.45, 7) is 0. The average Bonchev–Trinajstić information content (AvgIpc) is 3.15. The lowest BCUT2D eigenvalue weighted by atomic mass is 10.1. The molecule has 0 saturated heterocycles. The molecule has 3 rings (SSSR count). The Morgan fingerprint density at radius 3 is 2.68 bits per heavy atom. The number of Topliss-reactive ketones (excluding diaryl/α,β-unsaturated/α-hetero) is 1. The summed E-state index contributed by atoms with van der Waals surface area (Å²) in [7, 11) is 0. The van der Waals surface area contributed by atoms with Gasteiger partial charge in [0.2, 0.25) is 0 Å². The molecule has 3 nitrogen and oxygen atoms in total. The Balaban J connectivity index is 1.64. The Morgan fingerprint density at radius 1 is 1.23 bits per heavy atom. The molecule has 0 radical (unpaired) electrons. The highest BCUT2D eigenvalue weighted by atomic mass is 79.9. The van der Waals surface area contributed by atoms with E-state index in [1.807, 2.05) is 30.3 Å². The van der Waals surface area contributed by atoms with Gasteiger partial charge in [-0.05, 0) is 24.3 Å². The first-order valence-electron chi connectivity index (χ1n) is 6.62. The van der Waals surface area contributed by atoms with Crippen LogP contribution in [-0.2, 0) is 6.42 Å². The molecule has 22 heavy (non-hydrogen) atoms. The highest BCUT2D eigenvalue weighted by Gasteiger charge is 2.12. The first-order valence-corrected chi connectivity index (χ1v) is 8.60. The van der Waals surface area contributed by atoms with Crippen molar-refractivity contribution >= 4 is 44.7 Å². The quantitative estimate of drug-likeness (QED) is 0.525. The fraction of sp³-hybridized carbons (Fsp3) is 0.125. The van der Waals surface area contributed by atoms with E-state index in [0.29, 0.717) is 27.8 Å². The molecule has 0 saturated carbocycles. The van der Waals surface area contributed by atoms with Gasteiger partial charge < -0.3 is 4.52 Å². The van der Waals surface area contributed by atoms with Gasteiger partial charge in [-0.2, -0.15) is 0 Å². The normalized spacial score (nSPS) is 10.8. The first-order chi connectivity index (χ1) is 10.6. The van der Waals surface area contributed by atoms with Crippen molar-refractivity contribution in [3.8, 4) is 11.3 Å². The minimum absolute atomic E-state index is 0.0680. The molecule has 0 spiro atoms. The zero-order valence-electron chi connectivity index (χ0n) is 11.4. The van der Waals surface area contributed by atoms with E-state index in [-0.39, 0.29) is 5.78 Å². The molecule has 3 aromatic rings. The minimum atomic E-state index is 0.0680. The predicted octanol–water partition coefficient (Wildman–Crippen LogP) is 5.63. The van der Waals surface area contributed by atoms with Crippen LogP contribution < -0.4 is 0 Å². The molecule has 0 amide bonds. The third kappa shape index (κ3) is 3.66. The summed E-state index contributed by atoms with van der Waals surface area (Å²) in [4.78, 5) is 12.7. The number of hydrogen-bond acceptors (Lipinski definition) is 4. The Morgan fingerprint density at radius 2 is 2.00 bits per heavy atom. The fourth-order valence-corrected chi connectivity index (χ4v) is 3.29. The maximum Gasteiger partial charge on any atom is 0.173 e. The number of carbonyl (C=O) groups is 1. The molecule has 112 valence electrons. The summed E-state index contributed by atoms with van der Waals surface area (Å²) in [6.07, 6.45) is 0.906. The highest BCUT2D eigenvalue weighted by Crippen LogP contribution is 2.24. The van der Waals surface area contributed by atoms with Crippen molar-refractivity contribution in [2.24, 2.45) is 0 Å². The minimum Gasteiger partial charge on any atom is -0.361 e. The number of aryl methyl sites for hydroxylation is 1. The zero-order chi connectivity index (χ0) is 15.5. The summed E-state index contributed by atoms with van der Waals surface area (Å²) < 4.78 is 6.94. The maximum absolute atomic E-state index is 12.0. The molecule has 0 fully saturated rings. The number of benzene rings is 1. The van der Waals surface area contributed by atoms with E-state index in [4.69, 9.17) is 16.1 Å². The second-order valence-corrected chi connectivity index (χ2v) is 7.34. The summed E-state index contributed by atoms with van der Waals surface area (Å²) in [5.41, 5.74) is 1.75. The van der Waals surface area contributed by atoms with E-state index in [1.165, 1.54) is 11.3 Å². The largest absolute Gasteiger partial charge is 0.361 e. The van der Waals surface area contributed by atoms with Gasteiger partial charge in [-0.1, -0.05) is 44.8 Å². The van der Waals surface area contributed by atoms with Crippen LogP contribution in [0.1, 0.15) is 21.9 Å². The van der Waals surface area contributed by atoms with Gasteiger partial charge >= 0.3 is 0 Å². The maximum atomic E-state index is 12.0. The summed E-state index contributed by atoms with van der Waals surface area (Å²) in [5.74, 6) is 0.771. The molecule has 2 heterocycles. The molecule has 6 heteroatoms. The molecule has 0 unspecified atom stereocenters. The number of halogens is 2. The molecule has 0 aliphatic heterocycles. The third-order valence-electron chi connectivity index (χ3n) is 3.15. The standard InChI is InChI=1S/C16H11BrClNO2S/c17-11-3-1-10(2-4-11)13-9-12(21-19-13)5-6-14(20)15-7-8-16(18)22-15/h1-4,7-9H,5-6H2. The lowest BCUT2D eigenvalue weighted by Gasteiger charge is -1.95. The number of rotatable bonds is 5. The molecule has 0 atom stereocenters. The van der Waals surface area contributed by atoms with Gasteiger partial charge in [-0.25, -0.2) is 0 Å². The van der Waals surface area contributed by atoms with Gasteiger partial charge in [0.25, 0.3) is 0 Å². The third-order valence-corrected chi connectivity index (χ3v) is 4.95. The van der Waals surface area contributed by atoms with Gasteiger partial charge in [-0.15, -0.1) is 11.3 Å². The van der Waals surface area contributed by atoms with E-state index in [0.717, 1.165) is 15.7 Å². The van der Waals surface area contributed by atoms with Crippen LogP contribution >= 0.6 is 38.9 Å². The van der Waals surface area contributed by atoms with Crippen LogP contribution in [0.15, 0.2) is 51.5 Å². The van der Waals surface area contributed by atoms with E-state index < -0.39 is 0 Å². The van der Waals surface area contributed by atoms with Crippen LogP contribution in [0.2, 0.25) is 4.34 Å². The number of thiophene rings is 1. The number of nitrogens with zero attached hydrogens (tertiary/aromatic N) is 1. The monoisotopic (exact) mass is 395 g/mol. The average molecular weight is 397 g/mol. The van der Waals surface area contributed by atoms with Crippen molar-refractivity contribution in [1.82, 2.24) is 5.16 Å². The number of aromatic nitrogens is 1. The molecule has 0 aliphatic rings. The smallest absolute Gasteiger partial charge is 0.173 e. The highest BCUT2D eigenvalue weighted by molar-refractivity contribution is 9.10. The summed E-state index contributed by atoms with van der Waals surface area (Å²) >= 11 is 10.5. The van der Waals surface area contributed by atoms with Crippen molar-refractivity contribution in [2.75, 3.05) is 0 Å². The van der Waals surface area contributed by atoms with Crippen LogP contribution in [-0.4, -0.2) is 10.9 Å². The van der Waals surface area contributed by atoms with E-state index in [2.05, 4.69) is 21.1 Å². The molecule has 2 aromatic heterocycles. The van der Waals surface area contributed by atoms with Crippen molar-refractivity contribution in [2.45, 2.75) is 12.8 Å². The molecule has 0 bridgehead atoms. The van der Waals surface area contributed by atoms with Crippen LogP contribution in [0.4, 0.5) is 0 Å². The second kappa shape index (κ2) is 6.77. The Labute approximate surface area is 145 Å². The second-order valence-electron chi connectivity index (χ2n) is 4.71. The van der Waals surface area contributed by atoms with Gasteiger partial charge in [0.15, 0.2) is 5.78 Å². The summed E-state index contributed by atoms with van der Waals surface area (Å²) in [5, 5.41) is 4.05. The van der Waals surface area contributed by atoms with Gasteiger partial charge in [0.1, 0.15) is 11.5 Å². The summed E-state index contributed by atoms with van der Waals surface area (Å²) in [6, 6.07) is 13.2. The van der Waals surface area contributed by atoms with E-state index >= 15 is 0 Å². The van der Waals surface area contributed by atoms with Crippen molar-refractivity contribution < 1.29 is 9.32 Å². The Bertz CT molecular complexity index is 795. The van der Waals surface area contributed by atoms with Crippen LogP contribution in [0, 0.1) is 0 Å². The van der Waals surface area contributed by atoms with Crippen LogP contribution in [0.3, 0.4) is 0 Å². The Hall–Kier alpha value is -1.43. The predicted molar refractivity (Wildman–Crippen MR) is 91.6 cm³/mol. The molecular weight excluding hydrogens is 386 g/mol. The van der Waals surface area contributed by atoms with Crippen LogP contribution in [0.5, 0.6) is 0 Å². The number of hydrogen-bond donors (Lipinski definition) is 0. The van der Waals surface area contributed by atoms with E-state index in [9.17, 15) is 4.79 Å². The van der Waals surface area contributed by atoms with Crippen molar-refractivity contribution in [3.05, 3.63) is 61.9 Å².